The molecule has 0 aliphatic carbocycles. The van der Waals surface area contributed by atoms with Gasteiger partial charge in [-0.05, 0) is 51.4 Å². The van der Waals surface area contributed by atoms with Crippen molar-refractivity contribution in [2.45, 2.75) is 33.1 Å². The summed E-state index contributed by atoms with van der Waals surface area (Å²) < 4.78 is 0. The average molecular weight is 205 g/mol. The van der Waals surface area contributed by atoms with Gasteiger partial charge in [-0.25, -0.2) is 0 Å². The van der Waals surface area contributed by atoms with Gasteiger partial charge in [-0.2, -0.15) is 0 Å². The van der Waals surface area contributed by atoms with Gasteiger partial charge in [-0.15, -0.1) is 0 Å². The predicted molar refractivity (Wildman–Crippen MR) is 67.4 cm³/mol. The molecule has 1 aliphatic rings. The Kier molecular flexibility index (Phi) is 4.34. The van der Waals surface area contributed by atoms with Crippen LogP contribution in [0.4, 0.5) is 0 Å². The summed E-state index contributed by atoms with van der Waals surface area (Å²) in [6.07, 6.45) is 2.64. The maximum Gasteiger partial charge on any atom is -0.00159 e. The maximum atomic E-state index is 2.42. The van der Waals surface area contributed by atoms with E-state index in [9.17, 15) is 0 Å². The third-order valence-corrected chi connectivity index (χ3v) is 3.27. The highest BCUT2D eigenvalue weighted by molar-refractivity contribution is 5.24. The molecule has 0 unspecified atom stereocenters. The lowest BCUT2D eigenvalue weighted by Crippen LogP contribution is -2.29. The zero-order chi connectivity index (χ0) is 9.97. The predicted octanol–water partition coefficient (Wildman–Crippen LogP) is 3.44. The van der Waals surface area contributed by atoms with Gasteiger partial charge in [0.05, 0.1) is 0 Å². The van der Waals surface area contributed by atoms with Crippen molar-refractivity contribution >= 4 is 0 Å². The van der Waals surface area contributed by atoms with Crippen molar-refractivity contribution in [2.75, 3.05) is 20.1 Å². The lowest BCUT2D eigenvalue weighted by molar-refractivity contribution is 0.255. The molecule has 1 nitrogen and oxygen atoms in total. The maximum absolute atomic E-state index is 2.42. The number of aryl methyl sites for hydroxylation is 1. The van der Waals surface area contributed by atoms with Gasteiger partial charge in [0.1, 0.15) is 0 Å². The van der Waals surface area contributed by atoms with Gasteiger partial charge < -0.3 is 4.90 Å². The molecule has 1 fully saturated rings. The van der Waals surface area contributed by atoms with Crippen molar-refractivity contribution in [3.05, 3.63) is 35.4 Å². The molecule has 1 aliphatic heterocycles. The van der Waals surface area contributed by atoms with Crippen LogP contribution in [0.5, 0.6) is 0 Å². The van der Waals surface area contributed by atoms with E-state index in [1.54, 1.807) is 0 Å². The fourth-order valence-electron chi connectivity index (χ4n) is 2.18. The first-order chi connectivity index (χ1) is 6.75. The van der Waals surface area contributed by atoms with E-state index in [0.29, 0.717) is 0 Å². The molecule has 0 radical (unpaired) electrons. The quantitative estimate of drug-likeness (QED) is 0.679. The Labute approximate surface area is 94.1 Å². The molecule has 1 aromatic rings. The van der Waals surface area contributed by atoms with E-state index in [0.717, 1.165) is 5.92 Å². The minimum Gasteiger partial charge on any atom is -0.306 e. The molecule has 15 heavy (non-hydrogen) atoms. The van der Waals surface area contributed by atoms with E-state index in [4.69, 9.17) is 0 Å². The number of hydrogen-bond acceptors (Lipinski definition) is 1. The molecule has 1 heterocycles. The molecule has 0 amide bonds. The second kappa shape index (κ2) is 5.32. The molecule has 0 aromatic heterocycles. The second-order valence-corrected chi connectivity index (χ2v) is 4.49. The van der Waals surface area contributed by atoms with E-state index in [1.165, 1.54) is 37.1 Å². The van der Waals surface area contributed by atoms with Gasteiger partial charge in [0.2, 0.25) is 0 Å². The van der Waals surface area contributed by atoms with Gasteiger partial charge in [-0.1, -0.05) is 37.3 Å². The Morgan fingerprint density at radius 2 is 1.60 bits per heavy atom. The van der Waals surface area contributed by atoms with E-state index >= 15 is 0 Å². The van der Waals surface area contributed by atoms with Gasteiger partial charge in [0.15, 0.2) is 0 Å². The average Bonchev–Trinajstić information content (AvgIpc) is 2.21. The third-order valence-electron chi connectivity index (χ3n) is 3.27. The van der Waals surface area contributed by atoms with Crippen molar-refractivity contribution in [3.63, 3.8) is 0 Å². The smallest absolute Gasteiger partial charge is 0.00159 e. The Morgan fingerprint density at radius 1 is 1.07 bits per heavy atom. The third kappa shape index (κ3) is 3.07. The first-order valence-corrected chi connectivity index (χ1v) is 5.51. The van der Waals surface area contributed by atoms with Crippen LogP contribution in [-0.4, -0.2) is 25.0 Å². The normalized spacial score (nSPS) is 18.5. The fraction of sp³-hybridized carbons (Fsp3) is 0.571. The molecule has 1 saturated heterocycles. The lowest BCUT2D eigenvalue weighted by atomic mass is 9.89. The number of benzene rings is 1. The van der Waals surface area contributed by atoms with Crippen molar-refractivity contribution in [3.8, 4) is 0 Å². The standard InChI is InChI=1S/C13H19N.CH4/c1-11-3-5-12(6-4-11)13-7-9-14(2)10-8-13;/h3-6,13H,7-10H2,1-2H3;1H4. The van der Waals surface area contributed by atoms with E-state index in [-0.39, 0.29) is 7.43 Å². The summed E-state index contributed by atoms with van der Waals surface area (Å²) in [5.41, 5.74) is 2.89. The zero-order valence-electron chi connectivity index (χ0n) is 9.16. The van der Waals surface area contributed by atoms with Crippen LogP contribution in [0.2, 0.25) is 0 Å². The Balaban J connectivity index is 0.00000112. The molecule has 2 rings (SSSR count). The second-order valence-electron chi connectivity index (χ2n) is 4.49. The molecule has 0 atom stereocenters. The van der Waals surface area contributed by atoms with Crippen molar-refractivity contribution < 1.29 is 0 Å². The minimum atomic E-state index is 0. The molecule has 1 aromatic carbocycles. The van der Waals surface area contributed by atoms with Crippen LogP contribution >= 0.6 is 0 Å². The molecular formula is C14H23N. The van der Waals surface area contributed by atoms with Gasteiger partial charge in [0.25, 0.3) is 0 Å². The van der Waals surface area contributed by atoms with Crippen LogP contribution in [0, 0.1) is 6.92 Å². The van der Waals surface area contributed by atoms with Gasteiger partial charge in [0, 0.05) is 0 Å². The van der Waals surface area contributed by atoms with Crippen LogP contribution in [0.3, 0.4) is 0 Å². The van der Waals surface area contributed by atoms with Crippen molar-refractivity contribution in [1.29, 1.82) is 0 Å². The number of nitrogens with zero attached hydrogens (tertiary/aromatic N) is 1. The number of likely N-dealkylation sites (tertiary alicyclic amines) is 1. The van der Waals surface area contributed by atoms with Gasteiger partial charge >= 0.3 is 0 Å². The summed E-state index contributed by atoms with van der Waals surface area (Å²) in [4.78, 5) is 2.42. The summed E-state index contributed by atoms with van der Waals surface area (Å²) in [7, 11) is 2.21. The molecule has 0 bridgehead atoms. The largest absolute Gasteiger partial charge is 0.306 e. The summed E-state index contributed by atoms with van der Waals surface area (Å²) in [6.45, 7) is 4.65. The van der Waals surface area contributed by atoms with Crippen molar-refractivity contribution in [2.24, 2.45) is 0 Å². The molecule has 0 spiro atoms. The highest BCUT2D eigenvalue weighted by atomic mass is 15.1. The lowest BCUT2D eigenvalue weighted by Gasteiger charge is -2.29. The minimum absolute atomic E-state index is 0. The van der Waals surface area contributed by atoms with E-state index < -0.39 is 0 Å². The topological polar surface area (TPSA) is 3.24 Å². The van der Waals surface area contributed by atoms with E-state index in [2.05, 4.69) is 43.1 Å². The number of hydrogen-bond donors (Lipinski definition) is 0. The molecule has 0 N–H and O–H groups in total. The van der Waals surface area contributed by atoms with Crippen LogP contribution in [0.1, 0.15) is 37.3 Å². The summed E-state index contributed by atoms with van der Waals surface area (Å²) in [6, 6.07) is 9.05. The summed E-state index contributed by atoms with van der Waals surface area (Å²) in [5, 5.41) is 0. The van der Waals surface area contributed by atoms with Crippen LogP contribution in [0.25, 0.3) is 0 Å². The van der Waals surface area contributed by atoms with Crippen LogP contribution in [-0.2, 0) is 0 Å². The summed E-state index contributed by atoms with van der Waals surface area (Å²) >= 11 is 0. The first kappa shape index (κ1) is 12.3. The zero-order valence-corrected chi connectivity index (χ0v) is 9.16. The molecule has 0 saturated carbocycles. The van der Waals surface area contributed by atoms with Gasteiger partial charge in [-0.3, -0.25) is 0 Å². The molecule has 84 valence electrons. The van der Waals surface area contributed by atoms with Crippen LogP contribution in [0.15, 0.2) is 24.3 Å². The summed E-state index contributed by atoms with van der Waals surface area (Å²) in [5.74, 6) is 0.798. The first-order valence-electron chi connectivity index (χ1n) is 5.51. The highest BCUT2D eigenvalue weighted by Gasteiger charge is 2.17. The Morgan fingerprint density at radius 3 is 2.13 bits per heavy atom. The monoisotopic (exact) mass is 205 g/mol. The SMILES string of the molecule is C.Cc1ccc(C2CCN(C)CC2)cc1. The fourth-order valence-corrected chi connectivity index (χ4v) is 2.18. The highest BCUT2D eigenvalue weighted by Crippen LogP contribution is 2.27. The van der Waals surface area contributed by atoms with Crippen LogP contribution < -0.4 is 0 Å². The Hall–Kier alpha value is -0.820. The number of rotatable bonds is 1. The Bertz CT molecular complexity index is 281. The molecule has 1 heteroatoms. The molecular weight excluding hydrogens is 182 g/mol. The van der Waals surface area contributed by atoms with Crippen molar-refractivity contribution in [1.82, 2.24) is 4.90 Å². The van der Waals surface area contributed by atoms with E-state index in [1.807, 2.05) is 0 Å². The number of piperidine rings is 1.